The van der Waals surface area contributed by atoms with E-state index in [1.807, 2.05) is 7.05 Å². The van der Waals surface area contributed by atoms with Crippen LogP contribution in [-0.2, 0) is 11.3 Å². The second-order valence-electron chi connectivity index (χ2n) is 6.84. The van der Waals surface area contributed by atoms with Crippen molar-refractivity contribution in [2.75, 3.05) is 12.4 Å². The molecule has 0 bridgehead atoms. The number of fused-ring (bicyclic) bond motifs is 1. The van der Waals surface area contributed by atoms with Gasteiger partial charge in [0.05, 0.1) is 21.1 Å². The van der Waals surface area contributed by atoms with Crippen molar-refractivity contribution in [3.05, 3.63) is 57.3 Å². The minimum Gasteiger partial charge on any atom is -0.357 e. The Morgan fingerprint density at radius 1 is 1.25 bits per heavy atom. The van der Waals surface area contributed by atoms with Gasteiger partial charge in [-0.1, -0.05) is 23.2 Å². The molecular formula is C20H18Cl2N4O2. The molecule has 144 valence electrons. The molecule has 1 aliphatic rings. The van der Waals surface area contributed by atoms with Gasteiger partial charge in [-0.3, -0.25) is 9.59 Å². The number of ketones is 1. The maximum absolute atomic E-state index is 13.2. The van der Waals surface area contributed by atoms with Crippen LogP contribution >= 0.6 is 23.2 Å². The summed E-state index contributed by atoms with van der Waals surface area (Å²) in [4.78, 5) is 32.5. The van der Waals surface area contributed by atoms with E-state index >= 15 is 0 Å². The van der Waals surface area contributed by atoms with Gasteiger partial charge >= 0.3 is 0 Å². The molecule has 0 aliphatic heterocycles. The molecule has 0 radical (unpaired) electrons. The van der Waals surface area contributed by atoms with Crippen molar-refractivity contribution in [2.45, 2.75) is 19.4 Å². The lowest BCUT2D eigenvalue weighted by Crippen LogP contribution is -2.14. The van der Waals surface area contributed by atoms with Gasteiger partial charge in [0.25, 0.3) is 0 Å². The lowest BCUT2D eigenvalue weighted by Gasteiger charge is -2.09. The fourth-order valence-electron chi connectivity index (χ4n) is 3.18. The molecule has 0 atom stereocenters. The minimum absolute atomic E-state index is 0.0475. The molecule has 1 amide bonds. The van der Waals surface area contributed by atoms with Gasteiger partial charge in [-0.2, -0.15) is 0 Å². The van der Waals surface area contributed by atoms with Gasteiger partial charge in [-0.25, -0.2) is 4.98 Å². The third-order valence-electron chi connectivity index (χ3n) is 4.75. The topological polar surface area (TPSA) is 86.9 Å². The Labute approximate surface area is 171 Å². The molecule has 1 saturated carbocycles. The third-order valence-corrected chi connectivity index (χ3v) is 5.34. The highest BCUT2D eigenvalue weighted by atomic mass is 35.5. The molecule has 3 aromatic rings. The standard InChI is InChI=1S/C20H18Cl2N4O2/c1-23-8-10-6-14(21)16(15(22)7-10)18(27)13-9-25-17-12(13)4-5-24-19(17)26-20(28)11-2-3-11/h4-7,9,11,23,25H,2-3,8H2,1H3,(H,24,26,28). The Balaban J connectivity index is 1.71. The van der Waals surface area contributed by atoms with Crippen molar-refractivity contribution in [3.8, 4) is 0 Å². The molecule has 2 heterocycles. The summed E-state index contributed by atoms with van der Waals surface area (Å²) in [6.07, 6.45) is 4.96. The highest BCUT2D eigenvalue weighted by Gasteiger charge is 2.30. The molecule has 1 aromatic carbocycles. The van der Waals surface area contributed by atoms with Crippen LogP contribution in [0.1, 0.15) is 34.3 Å². The number of nitrogens with one attached hydrogen (secondary N) is 3. The first-order valence-corrected chi connectivity index (χ1v) is 9.69. The number of halogens is 2. The molecule has 1 aliphatic carbocycles. The summed E-state index contributed by atoms with van der Waals surface area (Å²) < 4.78 is 0. The van der Waals surface area contributed by atoms with Crippen LogP contribution in [0.25, 0.3) is 10.9 Å². The number of carbonyl (C=O) groups excluding carboxylic acids is 2. The van der Waals surface area contributed by atoms with E-state index in [0.717, 1.165) is 18.4 Å². The number of aromatic amines is 1. The largest absolute Gasteiger partial charge is 0.357 e. The van der Waals surface area contributed by atoms with Crippen molar-refractivity contribution < 1.29 is 9.59 Å². The predicted molar refractivity (Wildman–Crippen MR) is 110 cm³/mol. The summed E-state index contributed by atoms with van der Waals surface area (Å²) in [6.45, 7) is 0.594. The van der Waals surface area contributed by atoms with Crippen LogP contribution < -0.4 is 10.6 Å². The minimum atomic E-state index is -0.289. The van der Waals surface area contributed by atoms with Crippen molar-refractivity contribution in [1.82, 2.24) is 15.3 Å². The zero-order chi connectivity index (χ0) is 19.8. The second kappa shape index (κ2) is 7.54. The number of pyridine rings is 1. The molecule has 3 N–H and O–H groups in total. The number of carbonyl (C=O) groups is 2. The van der Waals surface area contributed by atoms with E-state index < -0.39 is 0 Å². The number of anilines is 1. The molecule has 28 heavy (non-hydrogen) atoms. The van der Waals surface area contributed by atoms with Crippen molar-refractivity contribution in [2.24, 2.45) is 5.92 Å². The van der Waals surface area contributed by atoms with Gasteiger partial charge in [0, 0.05) is 35.8 Å². The maximum atomic E-state index is 13.2. The summed E-state index contributed by atoms with van der Waals surface area (Å²) in [5.74, 6) is 0.133. The van der Waals surface area contributed by atoms with Crippen molar-refractivity contribution >= 4 is 51.6 Å². The first-order chi connectivity index (χ1) is 13.5. The summed E-state index contributed by atoms with van der Waals surface area (Å²) in [7, 11) is 1.82. The lowest BCUT2D eigenvalue weighted by atomic mass is 10.0. The molecular weight excluding hydrogens is 399 g/mol. The van der Waals surface area contributed by atoms with E-state index in [0.29, 0.717) is 38.9 Å². The fraction of sp³-hybridized carbons (Fsp3) is 0.250. The van der Waals surface area contributed by atoms with Crippen molar-refractivity contribution in [3.63, 3.8) is 0 Å². The van der Waals surface area contributed by atoms with Crippen LogP contribution in [0.4, 0.5) is 5.82 Å². The molecule has 6 nitrogen and oxygen atoms in total. The van der Waals surface area contributed by atoms with Crippen LogP contribution in [0.3, 0.4) is 0 Å². The lowest BCUT2D eigenvalue weighted by molar-refractivity contribution is -0.117. The third kappa shape index (κ3) is 3.51. The number of hydrogen-bond donors (Lipinski definition) is 3. The van der Waals surface area contributed by atoms with Crippen molar-refractivity contribution in [1.29, 1.82) is 0 Å². The Hall–Kier alpha value is -2.41. The number of H-pyrrole nitrogens is 1. The zero-order valence-electron chi connectivity index (χ0n) is 15.1. The summed E-state index contributed by atoms with van der Waals surface area (Å²) in [6, 6.07) is 5.19. The summed E-state index contributed by atoms with van der Waals surface area (Å²) in [5.41, 5.74) is 2.16. The van der Waals surface area contributed by atoms with E-state index in [1.165, 1.54) is 0 Å². The molecule has 0 spiro atoms. The van der Waals surface area contributed by atoms with Gasteiger partial charge < -0.3 is 15.6 Å². The Morgan fingerprint density at radius 2 is 1.96 bits per heavy atom. The Kier molecular flexibility index (Phi) is 5.10. The zero-order valence-corrected chi connectivity index (χ0v) is 16.6. The Bertz CT molecular complexity index is 1070. The molecule has 4 rings (SSSR count). The molecule has 8 heteroatoms. The van der Waals surface area contributed by atoms with Gasteiger partial charge in [-0.15, -0.1) is 0 Å². The Morgan fingerprint density at radius 3 is 2.61 bits per heavy atom. The average molecular weight is 417 g/mol. The van der Waals surface area contributed by atoms with E-state index in [4.69, 9.17) is 23.2 Å². The molecule has 0 saturated heterocycles. The summed E-state index contributed by atoms with van der Waals surface area (Å²) in [5, 5.41) is 7.11. The second-order valence-corrected chi connectivity index (χ2v) is 7.66. The van der Waals surface area contributed by atoms with E-state index in [-0.39, 0.29) is 23.2 Å². The van der Waals surface area contributed by atoms with Crippen LogP contribution in [0.5, 0.6) is 0 Å². The monoisotopic (exact) mass is 416 g/mol. The van der Waals surface area contributed by atoms with Gasteiger partial charge in [0.1, 0.15) is 0 Å². The van der Waals surface area contributed by atoms with Crippen LogP contribution in [0.15, 0.2) is 30.6 Å². The highest BCUT2D eigenvalue weighted by molar-refractivity contribution is 6.41. The molecule has 1 fully saturated rings. The number of amides is 1. The van der Waals surface area contributed by atoms with Crippen LogP contribution in [0.2, 0.25) is 10.0 Å². The smallest absolute Gasteiger partial charge is 0.228 e. The fourth-order valence-corrected chi connectivity index (χ4v) is 3.89. The predicted octanol–water partition coefficient (Wildman–Crippen LogP) is 4.17. The highest BCUT2D eigenvalue weighted by Crippen LogP contribution is 2.33. The average Bonchev–Trinajstić information content (AvgIpc) is 3.41. The first-order valence-electron chi connectivity index (χ1n) is 8.93. The van der Waals surface area contributed by atoms with Crippen LogP contribution in [-0.4, -0.2) is 28.7 Å². The number of hydrogen-bond acceptors (Lipinski definition) is 4. The van der Waals surface area contributed by atoms with Gasteiger partial charge in [0.15, 0.2) is 11.6 Å². The van der Waals surface area contributed by atoms with E-state index in [1.54, 1.807) is 30.6 Å². The quantitative estimate of drug-likeness (QED) is 0.526. The number of benzene rings is 1. The summed E-state index contributed by atoms with van der Waals surface area (Å²) >= 11 is 12.7. The first kappa shape index (κ1) is 18.9. The number of rotatable bonds is 6. The molecule has 0 unspecified atom stereocenters. The van der Waals surface area contributed by atoms with E-state index in [9.17, 15) is 9.59 Å². The SMILES string of the molecule is CNCc1cc(Cl)c(C(=O)c2c[nH]c3c(NC(=O)C4CC4)nccc23)c(Cl)c1. The number of nitrogens with zero attached hydrogens (tertiary/aromatic N) is 1. The van der Waals surface area contributed by atoms with E-state index in [2.05, 4.69) is 20.6 Å². The number of aromatic nitrogens is 2. The van der Waals surface area contributed by atoms with Gasteiger partial charge in [0.2, 0.25) is 5.91 Å². The molecule has 2 aromatic heterocycles. The maximum Gasteiger partial charge on any atom is 0.228 e. The normalized spacial score (nSPS) is 13.7. The van der Waals surface area contributed by atoms with Crippen LogP contribution in [0, 0.1) is 5.92 Å². The van der Waals surface area contributed by atoms with Gasteiger partial charge in [-0.05, 0) is 43.7 Å².